The number of aromatic nitrogens is 3. The van der Waals surface area contributed by atoms with Gasteiger partial charge in [0.1, 0.15) is 5.82 Å². The summed E-state index contributed by atoms with van der Waals surface area (Å²) in [5, 5.41) is 7.09. The van der Waals surface area contributed by atoms with Gasteiger partial charge in [-0.15, -0.1) is 0 Å². The first kappa shape index (κ1) is 14.0. The van der Waals surface area contributed by atoms with Crippen molar-refractivity contribution in [3.8, 4) is 5.69 Å². The monoisotopic (exact) mass is 292 g/mol. The SMILES string of the molecule is Cc1ccc(NC(=O)c2cnn(-c3ccccc3)c2C)nc1. The molecule has 0 aliphatic carbocycles. The van der Waals surface area contributed by atoms with E-state index in [4.69, 9.17) is 0 Å². The normalized spacial score (nSPS) is 10.5. The van der Waals surface area contributed by atoms with Crippen LogP contribution in [0.2, 0.25) is 0 Å². The molecule has 110 valence electrons. The average Bonchev–Trinajstić information content (AvgIpc) is 2.92. The summed E-state index contributed by atoms with van der Waals surface area (Å²) in [5.41, 5.74) is 3.29. The maximum Gasteiger partial charge on any atom is 0.260 e. The molecule has 0 aliphatic rings. The zero-order valence-electron chi connectivity index (χ0n) is 12.4. The molecular weight excluding hydrogens is 276 g/mol. The van der Waals surface area contributed by atoms with Crippen LogP contribution in [-0.4, -0.2) is 20.7 Å². The Morgan fingerprint density at radius 1 is 1.05 bits per heavy atom. The second-order valence-corrected chi connectivity index (χ2v) is 5.07. The van der Waals surface area contributed by atoms with Crippen molar-refractivity contribution in [1.29, 1.82) is 0 Å². The first-order valence-electron chi connectivity index (χ1n) is 6.99. The van der Waals surface area contributed by atoms with Crippen molar-refractivity contribution in [3.63, 3.8) is 0 Å². The summed E-state index contributed by atoms with van der Waals surface area (Å²) in [5.74, 6) is 0.318. The molecule has 0 saturated heterocycles. The van der Waals surface area contributed by atoms with E-state index in [1.165, 1.54) is 0 Å². The largest absolute Gasteiger partial charge is 0.306 e. The molecule has 2 aromatic heterocycles. The molecule has 0 aliphatic heterocycles. The Morgan fingerprint density at radius 3 is 2.50 bits per heavy atom. The first-order chi connectivity index (χ1) is 10.6. The lowest BCUT2D eigenvalue weighted by Gasteiger charge is -2.06. The third-order valence-electron chi connectivity index (χ3n) is 3.41. The molecule has 0 bridgehead atoms. The fourth-order valence-electron chi connectivity index (χ4n) is 2.19. The highest BCUT2D eigenvalue weighted by atomic mass is 16.1. The predicted octanol–water partition coefficient (Wildman–Crippen LogP) is 3.14. The van der Waals surface area contributed by atoms with Gasteiger partial charge in [-0.25, -0.2) is 9.67 Å². The highest BCUT2D eigenvalue weighted by molar-refractivity contribution is 6.04. The Hall–Kier alpha value is -2.95. The second-order valence-electron chi connectivity index (χ2n) is 5.07. The van der Waals surface area contributed by atoms with E-state index in [2.05, 4.69) is 15.4 Å². The van der Waals surface area contributed by atoms with Crippen LogP contribution in [0.15, 0.2) is 54.9 Å². The van der Waals surface area contributed by atoms with Gasteiger partial charge in [0.2, 0.25) is 0 Å². The summed E-state index contributed by atoms with van der Waals surface area (Å²) in [6, 6.07) is 13.4. The van der Waals surface area contributed by atoms with Crippen molar-refractivity contribution in [2.24, 2.45) is 0 Å². The highest BCUT2D eigenvalue weighted by Gasteiger charge is 2.15. The molecule has 2 heterocycles. The van der Waals surface area contributed by atoms with Gasteiger partial charge in [-0.2, -0.15) is 5.10 Å². The van der Waals surface area contributed by atoms with Crippen LogP contribution in [0, 0.1) is 13.8 Å². The van der Waals surface area contributed by atoms with Crippen molar-refractivity contribution >= 4 is 11.7 Å². The molecule has 3 rings (SSSR count). The van der Waals surface area contributed by atoms with E-state index < -0.39 is 0 Å². The Labute approximate surface area is 128 Å². The molecule has 0 unspecified atom stereocenters. The van der Waals surface area contributed by atoms with E-state index in [0.717, 1.165) is 16.9 Å². The maximum atomic E-state index is 12.4. The molecule has 1 aromatic carbocycles. The van der Waals surface area contributed by atoms with Crippen LogP contribution in [-0.2, 0) is 0 Å². The van der Waals surface area contributed by atoms with Gasteiger partial charge in [0.05, 0.1) is 23.1 Å². The van der Waals surface area contributed by atoms with E-state index in [-0.39, 0.29) is 5.91 Å². The van der Waals surface area contributed by atoms with E-state index in [0.29, 0.717) is 11.4 Å². The molecule has 22 heavy (non-hydrogen) atoms. The third-order valence-corrected chi connectivity index (χ3v) is 3.41. The summed E-state index contributed by atoms with van der Waals surface area (Å²) in [6.07, 6.45) is 3.29. The van der Waals surface area contributed by atoms with Gasteiger partial charge in [0, 0.05) is 6.20 Å². The second kappa shape index (κ2) is 5.81. The number of amides is 1. The topological polar surface area (TPSA) is 59.8 Å². The summed E-state index contributed by atoms with van der Waals surface area (Å²) < 4.78 is 1.75. The van der Waals surface area contributed by atoms with Gasteiger partial charge in [-0.1, -0.05) is 24.3 Å². The summed E-state index contributed by atoms with van der Waals surface area (Å²) >= 11 is 0. The fraction of sp³-hybridized carbons (Fsp3) is 0.118. The molecule has 5 nitrogen and oxygen atoms in total. The van der Waals surface area contributed by atoms with Crippen molar-refractivity contribution in [1.82, 2.24) is 14.8 Å². The maximum absolute atomic E-state index is 12.4. The lowest BCUT2D eigenvalue weighted by molar-refractivity contribution is 0.102. The number of benzene rings is 1. The Bertz CT molecular complexity index is 791. The Balaban J connectivity index is 1.85. The van der Waals surface area contributed by atoms with Gasteiger partial charge in [0.15, 0.2) is 0 Å². The Kier molecular flexibility index (Phi) is 3.70. The summed E-state index contributed by atoms with van der Waals surface area (Å²) in [6.45, 7) is 3.82. The molecule has 0 radical (unpaired) electrons. The van der Waals surface area contributed by atoms with Crippen LogP contribution in [0.1, 0.15) is 21.6 Å². The minimum atomic E-state index is -0.212. The molecule has 0 spiro atoms. The Morgan fingerprint density at radius 2 is 1.82 bits per heavy atom. The van der Waals surface area contributed by atoms with Gasteiger partial charge >= 0.3 is 0 Å². The van der Waals surface area contributed by atoms with Crippen LogP contribution >= 0.6 is 0 Å². The molecular formula is C17H16N4O. The number of pyridine rings is 1. The van der Waals surface area contributed by atoms with Crippen molar-refractivity contribution in [3.05, 3.63) is 71.7 Å². The average molecular weight is 292 g/mol. The lowest BCUT2D eigenvalue weighted by atomic mass is 10.2. The number of nitrogens with zero attached hydrogens (tertiary/aromatic N) is 3. The number of hydrogen-bond donors (Lipinski definition) is 1. The predicted molar refractivity (Wildman–Crippen MR) is 85.2 cm³/mol. The van der Waals surface area contributed by atoms with E-state index in [1.807, 2.05) is 50.2 Å². The minimum absolute atomic E-state index is 0.212. The summed E-state index contributed by atoms with van der Waals surface area (Å²) in [4.78, 5) is 16.5. The lowest BCUT2D eigenvalue weighted by Crippen LogP contribution is -2.14. The number of aryl methyl sites for hydroxylation is 1. The van der Waals surface area contributed by atoms with Gasteiger partial charge in [-0.3, -0.25) is 4.79 Å². The number of rotatable bonds is 3. The van der Waals surface area contributed by atoms with Gasteiger partial charge < -0.3 is 5.32 Å². The zero-order valence-corrected chi connectivity index (χ0v) is 12.4. The molecule has 1 amide bonds. The highest BCUT2D eigenvalue weighted by Crippen LogP contribution is 2.15. The van der Waals surface area contributed by atoms with Crippen molar-refractivity contribution < 1.29 is 4.79 Å². The zero-order chi connectivity index (χ0) is 15.5. The van der Waals surface area contributed by atoms with Crippen LogP contribution in [0.25, 0.3) is 5.69 Å². The smallest absolute Gasteiger partial charge is 0.260 e. The van der Waals surface area contributed by atoms with Gasteiger partial charge in [0.25, 0.3) is 5.91 Å². The summed E-state index contributed by atoms with van der Waals surface area (Å²) in [7, 11) is 0. The quantitative estimate of drug-likeness (QED) is 0.806. The van der Waals surface area contributed by atoms with E-state index in [9.17, 15) is 4.79 Å². The van der Waals surface area contributed by atoms with Crippen LogP contribution < -0.4 is 5.32 Å². The van der Waals surface area contributed by atoms with E-state index in [1.54, 1.807) is 23.1 Å². The number of para-hydroxylation sites is 1. The number of carbonyl (C=O) groups is 1. The first-order valence-corrected chi connectivity index (χ1v) is 6.99. The number of carbonyl (C=O) groups excluding carboxylic acids is 1. The van der Waals surface area contributed by atoms with Gasteiger partial charge in [-0.05, 0) is 37.6 Å². The minimum Gasteiger partial charge on any atom is -0.306 e. The molecule has 0 saturated carbocycles. The van der Waals surface area contributed by atoms with Crippen LogP contribution in [0.5, 0.6) is 0 Å². The number of hydrogen-bond acceptors (Lipinski definition) is 3. The molecule has 3 aromatic rings. The van der Waals surface area contributed by atoms with Crippen LogP contribution in [0.4, 0.5) is 5.82 Å². The number of nitrogens with one attached hydrogen (secondary N) is 1. The fourth-order valence-corrected chi connectivity index (χ4v) is 2.19. The third kappa shape index (κ3) is 2.74. The molecule has 1 N–H and O–H groups in total. The molecule has 0 fully saturated rings. The van der Waals surface area contributed by atoms with E-state index >= 15 is 0 Å². The van der Waals surface area contributed by atoms with Crippen molar-refractivity contribution in [2.75, 3.05) is 5.32 Å². The standard InChI is InChI=1S/C17H16N4O/c1-12-8-9-16(18-10-12)20-17(22)15-11-19-21(13(15)2)14-6-4-3-5-7-14/h3-11H,1-2H3,(H,18,20,22). The molecule has 5 heteroatoms. The molecule has 0 atom stereocenters. The number of anilines is 1. The van der Waals surface area contributed by atoms with Crippen molar-refractivity contribution in [2.45, 2.75) is 13.8 Å². The van der Waals surface area contributed by atoms with Crippen LogP contribution in [0.3, 0.4) is 0 Å².